The molecule has 3 heteroatoms. The zero-order chi connectivity index (χ0) is 10.7. The molecule has 15 heavy (non-hydrogen) atoms. The van der Waals surface area contributed by atoms with Gasteiger partial charge in [-0.05, 0) is 38.1 Å². The molecule has 2 rings (SSSR count). The van der Waals surface area contributed by atoms with E-state index in [1.807, 2.05) is 0 Å². The Bertz CT molecular complexity index is 224. The van der Waals surface area contributed by atoms with E-state index in [2.05, 4.69) is 4.90 Å². The fourth-order valence-electron chi connectivity index (χ4n) is 3.01. The predicted octanol–water partition coefficient (Wildman–Crippen LogP) is 2.17. The smallest absolute Gasteiger partial charge is 0.0771 e. The highest BCUT2D eigenvalue weighted by molar-refractivity contribution is 7.80. The fraction of sp³-hybridized carbons (Fsp3) is 0.917. The fourth-order valence-corrected chi connectivity index (χ4v) is 3.20. The first-order valence-electron chi connectivity index (χ1n) is 6.27. The van der Waals surface area contributed by atoms with E-state index in [4.69, 9.17) is 18.0 Å². The third-order valence-electron chi connectivity index (χ3n) is 3.90. The van der Waals surface area contributed by atoms with Crippen LogP contribution in [0.3, 0.4) is 0 Å². The van der Waals surface area contributed by atoms with Gasteiger partial charge in [-0.1, -0.05) is 25.1 Å². The van der Waals surface area contributed by atoms with Crippen molar-refractivity contribution in [3.8, 4) is 0 Å². The van der Waals surface area contributed by atoms with Gasteiger partial charge in [0, 0.05) is 19.0 Å². The molecular weight excluding hydrogens is 204 g/mol. The van der Waals surface area contributed by atoms with Crippen LogP contribution in [0.2, 0.25) is 0 Å². The van der Waals surface area contributed by atoms with Crippen LogP contribution in [0, 0.1) is 11.8 Å². The first-order chi connectivity index (χ1) is 7.25. The van der Waals surface area contributed by atoms with Gasteiger partial charge in [0.1, 0.15) is 0 Å². The Kier molecular flexibility index (Phi) is 3.98. The van der Waals surface area contributed by atoms with Crippen LogP contribution in [0.5, 0.6) is 0 Å². The van der Waals surface area contributed by atoms with Crippen LogP contribution in [0.15, 0.2) is 0 Å². The van der Waals surface area contributed by atoms with E-state index < -0.39 is 0 Å². The van der Waals surface area contributed by atoms with Crippen LogP contribution in [-0.2, 0) is 0 Å². The molecule has 2 fully saturated rings. The summed E-state index contributed by atoms with van der Waals surface area (Å²) in [5, 5.41) is 0. The van der Waals surface area contributed by atoms with Gasteiger partial charge in [-0.2, -0.15) is 0 Å². The van der Waals surface area contributed by atoms with Crippen LogP contribution in [0.4, 0.5) is 0 Å². The van der Waals surface area contributed by atoms with Gasteiger partial charge < -0.3 is 10.6 Å². The standard InChI is InChI=1S/C12H22N2S/c13-12(15)11-6-3-7-14(9-11)8-10-4-1-2-5-10/h10-11H,1-9H2,(H2,13,15). The van der Waals surface area contributed by atoms with Gasteiger partial charge >= 0.3 is 0 Å². The van der Waals surface area contributed by atoms with E-state index in [0.29, 0.717) is 5.92 Å². The first-order valence-corrected chi connectivity index (χ1v) is 6.68. The summed E-state index contributed by atoms with van der Waals surface area (Å²) in [7, 11) is 0. The second kappa shape index (κ2) is 5.26. The minimum Gasteiger partial charge on any atom is -0.393 e. The lowest BCUT2D eigenvalue weighted by Crippen LogP contribution is -2.42. The number of hydrogen-bond donors (Lipinski definition) is 1. The van der Waals surface area contributed by atoms with E-state index in [-0.39, 0.29) is 0 Å². The third-order valence-corrected chi connectivity index (χ3v) is 4.23. The van der Waals surface area contributed by atoms with Crippen molar-refractivity contribution in [2.24, 2.45) is 17.6 Å². The number of thiocarbonyl (C=S) groups is 1. The zero-order valence-corrected chi connectivity index (χ0v) is 10.3. The monoisotopic (exact) mass is 226 g/mol. The number of rotatable bonds is 3. The summed E-state index contributed by atoms with van der Waals surface area (Å²) in [4.78, 5) is 3.31. The summed E-state index contributed by atoms with van der Waals surface area (Å²) >= 11 is 5.10. The molecule has 0 bridgehead atoms. The normalized spacial score (nSPS) is 29.5. The third kappa shape index (κ3) is 3.15. The van der Waals surface area contributed by atoms with Gasteiger partial charge in [0.05, 0.1) is 4.99 Å². The Hall–Kier alpha value is -0.150. The van der Waals surface area contributed by atoms with Gasteiger partial charge in [-0.25, -0.2) is 0 Å². The largest absolute Gasteiger partial charge is 0.393 e. The van der Waals surface area contributed by atoms with E-state index in [9.17, 15) is 0 Å². The molecule has 1 aliphatic carbocycles. The zero-order valence-electron chi connectivity index (χ0n) is 9.45. The number of likely N-dealkylation sites (tertiary alicyclic amines) is 1. The lowest BCUT2D eigenvalue weighted by atomic mass is 9.96. The van der Waals surface area contributed by atoms with Crippen LogP contribution in [0.1, 0.15) is 38.5 Å². The minimum atomic E-state index is 0.482. The van der Waals surface area contributed by atoms with Crippen LogP contribution in [0.25, 0.3) is 0 Å². The summed E-state index contributed by atoms with van der Waals surface area (Å²) in [5.74, 6) is 1.44. The SMILES string of the molecule is NC(=S)C1CCCN(CC2CCCC2)C1. The molecule has 0 radical (unpaired) electrons. The van der Waals surface area contributed by atoms with Crippen LogP contribution < -0.4 is 5.73 Å². The first kappa shape index (κ1) is 11.3. The van der Waals surface area contributed by atoms with Gasteiger partial charge in [0.2, 0.25) is 0 Å². The van der Waals surface area contributed by atoms with Gasteiger partial charge in [-0.3, -0.25) is 0 Å². The van der Waals surface area contributed by atoms with Crippen molar-refractivity contribution in [3.63, 3.8) is 0 Å². The van der Waals surface area contributed by atoms with Gasteiger partial charge in [0.25, 0.3) is 0 Å². The molecule has 2 N–H and O–H groups in total. The molecule has 1 atom stereocenters. The molecule has 2 aliphatic rings. The number of hydrogen-bond acceptors (Lipinski definition) is 2. The van der Waals surface area contributed by atoms with Gasteiger partial charge in [0.15, 0.2) is 0 Å². The molecule has 1 heterocycles. The summed E-state index contributed by atoms with van der Waals surface area (Å²) in [5.41, 5.74) is 5.74. The molecule has 0 spiro atoms. The molecule has 1 saturated carbocycles. The topological polar surface area (TPSA) is 29.3 Å². The maximum atomic E-state index is 5.74. The Morgan fingerprint density at radius 1 is 1.20 bits per heavy atom. The second-order valence-corrected chi connectivity index (χ2v) is 5.62. The van der Waals surface area contributed by atoms with E-state index in [1.54, 1.807) is 0 Å². The molecule has 1 aliphatic heterocycles. The van der Waals surface area contributed by atoms with Crippen molar-refractivity contribution in [2.45, 2.75) is 38.5 Å². The van der Waals surface area contributed by atoms with Crippen molar-refractivity contribution >= 4 is 17.2 Å². The summed E-state index contributed by atoms with van der Waals surface area (Å²) in [6.45, 7) is 3.67. The van der Waals surface area contributed by atoms with Crippen molar-refractivity contribution < 1.29 is 0 Å². The highest BCUT2D eigenvalue weighted by Crippen LogP contribution is 2.27. The quantitative estimate of drug-likeness (QED) is 0.748. The molecular formula is C12H22N2S. The number of nitrogens with two attached hydrogens (primary N) is 1. The van der Waals surface area contributed by atoms with E-state index in [0.717, 1.165) is 17.5 Å². The number of nitrogens with zero attached hydrogens (tertiary/aromatic N) is 1. The molecule has 0 aromatic heterocycles. The molecule has 86 valence electrons. The summed E-state index contributed by atoms with van der Waals surface area (Å²) in [6, 6.07) is 0. The van der Waals surface area contributed by atoms with Crippen LogP contribution >= 0.6 is 12.2 Å². The Morgan fingerprint density at radius 2 is 1.93 bits per heavy atom. The molecule has 2 nitrogen and oxygen atoms in total. The lowest BCUT2D eigenvalue weighted by Gasteiger charge is -2.33. The van der Waals surface area contributed by atoms with E-state index in [1.165, 1.54) is 51.6 Å². The average Bonchev–Trinajstić information content (AvgIpc) is 2.71. The maximum Gasteiger partial charge on any atom is 0.0771 e. The average molecular weight is 226 g/mol. The molecule has 1 saturated heterocycles. The van der Waals surface area contributed by atoms with Gasteiger partial charge in [-0.15, -0.1) is 0 Å². The van der Waals surface area contributed by atoms with Crippen molar-refractivity contribution in [2.75, 3.05) is 19.6 Å². The molecule has 0 aromatic rings. The maximum absolute atomic E-state index is 5.74. The number of piperidine rings is 1. The van der Waals surface area contributed by atoms with E-state index >= 15 is 0 Å². The Morgan fingerprint density at radius 3 is 2.60 bits per heavy atom. The predicted molar refractivity (Wildman–Crippen MR) is 67.9 cm³/mol. The van der Waals surface area contributed by atoms with Crippen molar-refractivity contribution in [1.29, 1.82) is 0 Å². The second-order valence-electron chi connectivity index (χ2n) is 5.15. The highest BCUT2D eigenvalue weighted by atomic mass is 32.1. The van der Waals surface area contributed by atoms with Crippen molar-refractivity contribution in [3.05, 3.63) is 0 Å². The van der Waals surface area contributed by atoms with Crippen LogP contribution in [-0.4, -0.2) is 29.5 Å². The molecule has 0 amide bonds. The summed E-state index contributed by atoms with van der Waals surface area (Å²) < 4.78 is 0. The Balaban J connectivity index is 1.79. The summed E-state index contributed by atoms with van der Waals surface area (Å²) in [6.07, 6.45) is 8.24. The Labute approximate surface area is 98.2 Å². The highest BCUT2D eigenvalue weighted by Gasteiger charge is 2.24. The molecule has 0 aromatic carbocycles. The lowest BCUT2D eigenvalue weighted by molar-refractivity contribution is 0.177. The minimum absolute atomic E-state index is 0.482. The van der Waals surface area contributed by atoms with Crippen molar-refractivity contribution in [1.82, 2.24) is 4.90 Å². The molecule has 1 unspecified atom stereocenters.